The third-order valence-electron chi connectivity index (χ3n) is 4.24. The lowest BCUT2D eigenvalue weighted by molar-refractivity contribution is -0.274. The van der Waals surface area contributed by atoms with Crippen LogP contribution >= 0.6 is 23.7 Å². The molecule has 174 valence electrons. The Balaban J connectivity index is 0.00000363. The van der Waals surface area contributed by atoms with Crippen LogP contribution in [-0.4, -0.2) is 55.9 Å². The van der Waals surface area contributed by atoms with Gasteiger partial charge in [-0.3, -0.25) is 9.69 Å². The molecule has 32 heavy (non-hydrogen) atoms. The van der Waals surface area contributed by atoms with Crippen LogP contribution in [-0.2, 0) is 4.79 Å². The first-order valence-corrected chi connectivity index (χ1v) is 10.2. The van der Waals surface area contributed by atoms with E-state index >= 15 is 0 Å². The summed E-state index contributed by atoms with van der Waals surface area (Å²) in [5, 5.41) is 0.388. The van der Waals surface area contributed by atoms with E-state index in [0.717, 1.165) is 16.9 Å². The van der Waals surface area contributed by atoms with Crippen molar-refractivity contribution in [3.05, 3.63) is 48.0 Å². The fourth-order valence-electron chi connectivity index (χ4n) is 2.76. The summed E-state index contributed by atoms with van der Waals surface area (Å²) in [5.74, 6) is -0.0440. The Morgan fingerprint density at radius 3 is 2.50 bits per heavy atom. The topological polar surface area (TPSA) is 54.9 Å². The molecule has 1 heterocycles. The monoisotopic (exact) mass is 489 g/mol. The van der Waals surface area contributed by atoms with Crippen molar-refractivity contribution in [2.24, 2.45) is 0 Å². The average molecular weight is 490 g/mol. The summed E-state index contributed by atoms with van der Waals surface area (Å²) in [4.78, 5) is 20.8. The van der Waals surface area contributed by atoms with E-state index in [9.17, 15) is 18.0 Å². The van der Waals surface area contributed by atoms with Crippen molar-refractivity contribution in [1.29, 1.82) is 0 Å². The first-order valence-electron chi connectivity index (χ1n) is 9.41. The van der Waals surface area contributed by atoms with Gasteiger partial charge in [-0.05, 0) is 50.8 Å². The smallest absolute Gasteiger partial charge is 0.484 e. The molecule has 6 nitrogen and oxygen atoms in total. The molecule has 0 saturated heterocycles. The second-order valence-electron chi connectivity index (χ2n) is 7.13. The van der Waals surface area contributed by atoms with Crippen LogP contribution in [0.15, 0.2) is 42.5 Å². The number of carbonyl (C=O) groups excluding carboxylic acids is 1. The van der Waals surface area contributed by atoms with Crippen LogP contribution < -0.4 is 14.4 Å². The Bertz CT molecular complexity index is 1060. The summed E-state index contributed by atoms with van der Waals surface area (Å²) >= 11 is 1.12. The minimum atomic E-state index is -4.78. The molecule has 3 rings (SSSR count). The van der Waals surface area contributed by atoms with Crippen LogP contribution in [0.25, 0.3) is 10.2 Å². The maximum Gasteiger partial charge on any atom is 0.573 e. The number of aromatic nitrogens is 1. The molecular weight excluding hydrogens is 467 g/mol. The number of aryl methyl sites for hydroxylation is 1. The lowest BCUT2D eigenvalue weighted by Crippen LogP contribution is -2.39. The summed E-state index contributed by atoms with van der Waals surface area (Å²) in [6.07, 6.45) is -4.78. The van der Waals surface area contributed by atoms with Gasteiger partial charge in [-0.25, -0.2) is 4.98 Å². The fraction of sp³-hybridized carbons (Fsp3) is 0.333. The Labute approximate surface area is 194 Å². The van der Waals surface area contributed by atoms with Gasteiger partial charge in [0.2, 0.25) is 0 Å². The van der Waals surface area contributed by atoms with Crippen molar-refractivity contribution >= 4 is 45.0 Å². The molecule has 0 bridgehead atoms. The first-order chi connectivity index (χ1) is 14.6. The van der Waals surface area contributed by atoms with Gasteiger partial charge in [-0.15, -0.1) is 25.6 Å². The minimum absolute atomic E-state index is 0. The maximum absolute atomic E-state index is 12.9. The van der Waals surface area contributed by atoms with Crippen LogP contribution in [0.2, 0.25) is 0 Å². The van der Waals surface area contributed by atoms with E-state index in [-0.39, 0.29) is 30.7 Å². The molecule has 11 heteroatoms. The second kappa shape index (κ2) is 10.8. The summed E-state index contributed by atoms with van der Waals surface area (Å²) in [7, 11) is 3.76. The quantitative estimate of drug-likeness (QED) is 0.450. The minimum Gasteiger partial charge on any atom is -0.484 e. The fourth-order valence-corrected chi connectivity index (χ4v) is 3.80. The molecule has 0 fully saturated rings. The number of alkyl halides is 3. The second-order valence-corrected chi connectivity index (χ2v) is 8.14. The molecule has 0 radical (unpaired) electrons. The zero-order valence-corrected chi connectivity index (χ0v) is 19.3. The van der Waals surface area contributed by atoms with Crippen LogP contribution in [0.5, 0.6) is 11.5 Å². The van der Waals surface area contributed by atoms with E-state index in [0.29, 0.717) is 34.2 Å². The normalized spacial score (nSPS) is 11.3. The van der Waals surface area contributed by atoms with E-state index in [4.69, 9.17) is 4.74 Å². The number of nitrogens with zero attached hydrogens (tertiary/aromatic N) is 3. The van der Waals surface area contributed by atoms with Gasteiger partial charge >= 0.3 is 6.36 Å². The van der Waals surface area contributed by atoms with E-state index < -0.39 is 6.36 Å². The van der Waals surface area contributed by atoms with Gasteiger partial charge in [-0.2, -0.15) is 0 Å². The molecule has 0 spiro atoms. The zero-order valence-electron chi connectivity index (χ0n) is 17.7. The number of anilines is 1. The third kappa shape index (κ3) is 7.25. The average Bonchev–Trinajstić information content (AvgIpc) is 3.08. The molecule has 0 aliphatic heterocycles. The van der Waals surface area contributed by atoms with E-state index in [1.807, 2.05) is 44.1 Å². The van der Waals surface area contributed by atoms with Gasteiger partial charge in [0.05, 0.1) is 10.2 Å². The van der Waals surface area contributed by atoms with E-state index in [1.165, 1.54) is 23.1 Å². The standard InChI is InChI=1S/C21H22F3N3O3S.ClH/c1-14-5-4-6-15(11-14)29-13-19(28)27(10-9-26(2)3)20-25-17-8-7-16(12-18(17)31-20)30-21(22,23)24;/h4-8,11-12H,9-10,13H2,1-3H3;1H. The van der Waals surface area contributed by atoms with Crippen molar-refractivity contribution in [2.45, 2.75) is 13.3 Å². The lowest BCUT2D eigenvalue weighted by atomic mass is 10.2. The molecule has 2 aromatic carbocycles. The van der Waals surface area contributed by atoms with Gasteiger partial charge in [0, 0.05) is 19.2 Å². The molecule has 0 N–H and O–H groups in total. The summed E-state index contributed by atoms with van der Waals surface area (Å²) < 4.78 is 47.6. The Morgan fingerprint density at radius 2 is 1.84 bits per heavy atom. The van der Waals surface area contributed by atoms with Crippen molar-refractivity contribution in [2.75, 3.05) is 38.7 Å². The van der Waals surface area contributed by atoms with E-state index in [2.05, 4.69) is 9.72 Å². The molecule has 1 aromatic heterocycles. The van der Waals surface area contributed by atoms with Crippen molar-refractivity contribution in [1.82, 2.24) is 9.88 Å². The SMILES string of the molecule is Cc1cccc(OCC(=O)N(CCN(C)C)c2nc3ccc(OC(F)(F)F)cc3s2)c1.Cl. The predicted octanol–water partition coefficient (Wildman–Crippen LogP) is 4.90. The van der Waals surface area contributed by atoms with Crippen LogP contribution in [0, 0.1) is 6.92 Å². The van der Waals surface area contributed by atoms with Gasteiger partial charge in [-0.1, -0.05) is 23.5 Å². The number of hydrogen-bond acceptors (Lipinski definition) is 6. The van der Waals surface area contributed by atoms with E-state index in [1.54, 1.807) is 6.07 Å². The van der Waals surface area contributed by atoms with Crippen LogP contribution in [0.1, 0.15) is 5.56 Å². The highest BCUT2D eigenvalue weighted by Crippen LogP contribution is 2.33. The Hall–Kier alpha value is -2.56. The number of halogens is 4. The van der Waals surface area contributed by atoms with Gasteiger partial charge in [0.25, 0.3) is 5.91 Å². The van der Waals surface area contributed by atoms with Crippen molar-refractivity contribution in [3.63, 3.8) is 0 Å². The number of carbonyl (C=O) groups is 1. The molecule has 1 amide bonds. The maximum atomic E-state index is 12.9. The summed E-state index contributed by atoms with van der Waals surface area (Å²) in [6, 6.07) is 11.3. The summed E-state index contributed by atoms with van der Waals surface area (Å²) in [5.41, 5.74) is 1.49. The molecule has 0 atom stereocenters. The Kier molecular flexibility index (Phi) is 8.71. The molecule has 3 aromatic rings. The number of hydrogen-bond donors (Lipinski definition) is 0. The zero-order chi connectivity index (χ0) is 22.6. The highest BCUT2D eigenvalue weighted by atomic mass is 35.5. The van der Waals surface area contributed by atoms with Gasteiger partial charge < -0.3 is 14.4 Å². The first kappa shape index (κ1) is 25.7. The number of thiazole rings is 1. The predicted molar refractivity (Wildman–Crippen MR) is 121 cm³/mol. The third-order valence-corrected chi connectivity index (χ3v) is 5.28. The van der Waals surface area contributed by atoms with Gasteiger partial charge in [0.15, 0.2) is 11.7 Å². The summed E-state index contributed by atoms with van der Waals surface area (Å²) in [6.45, 7) is 2.68. The molecular formula is C21H23ClF3N3O3S. The van der Waals surface area contributed by atoms with Crippen LogP contribution in [0.3, 0.4) is 0 Å². The number of likely N-dealkylation sites (N-methyl/N-ethyl adjacent to an activating group) is 1. The molecule has 0 aliphatic carbocycles. The number of amides is 1. The molecule has 0 saturated carbocycles. The lowest BCUT2D eigenvalue weighted by Gasteiger charge is -2.22. The van der Waals surface area contributed by atoms with Gasteiger partial charge in [0.1, 0.15) is 11.5 Å². The number of fused-ring (bicyclic) bond motifs is 1. The van der Waals surface area contributed by atoms with Crippen molar-refractivity contribution < 1.29 is 27.4 Å². The molecule has 0 unspecified atom stereocenters. The Morgan fingerprint density at radius 1 is 1.09 bits per heavy atom. The molecule has 0 aliphatic rings. The highest BCUT2D eigenvalue weighted by molar-refractivity contribution is 7.22. The van der Waals surface area contributed by atoms with Crippen molar-refractivity contribution in [3.8, 4) is 11.5 Å². The van der Waals surface area contributed by atoms with Crippen LogP contribution in [0.4, 0.5) is 18.3 Å². The number of ether oxygens (including phenoxy) is 2. The number of rotatable bonds is 8. The highest BCUT2D eigenvalue weighted by Gasteiger charge is 2.31. The largest absolute Gasteiger partial charge is 0.573 e. The number of benzene rings is 2.